The minimum absolute atomic E-state index is 0.0476. The Balaban J connectivity index is 2.48. The van der Waals surface area contributed by atoms with E-state index in [0.29, 0.717) is 0 Å². The normalized spacial score (nSPS) is 10.4. The van der Waals surface area contributed by atoms with Crippen molar-refractivity contribution in [3.8, 4) is 0 Å². The maximum atomic E-state index is 9.46. The van der Waals surface area contributed by atoms with Gasteiger partial charge in [-0.1, -0.05) is 40.2 Å². The third-order valence-corrected chi connectivity index (χ3v) is 3.39. The lowest BCUT2D eigenvalue weighted by molar-refractivity contribution is 0.282. The highest BCUT2D eigenvalue weighted by atomic mass is 79.9. The molecule has 2 aromatic rings. The second-order valence-corrected chi connectivity index (χ2v) is 4.93. The monoisotopic (exact) mass is 305 g/mol. The third-order valence-electron chi connectivity index (χ3n) is 2.89. The number of nitrogens with zero attached hydrogens (tertiary/aromatic N) is 1. The molecule has 0 spiro atoms. The molecule has 0 saturated carbocycles. The predicted molar refractivity (Wildman–Crippen MR) is 79.2 cm³/mol. The van der Waals surface area contributed by atoms with Crippen molar-refractivity contribution in [2.45, 2.75) is 13.5 Å². The van der Waals surface area contributed by atoms with Crippen LogP contribution < -0.4 is 4.90 Å². The number of para-hydroxylation sites is 1. The van der Waals surface area contributed by atoms with Crippen LogP contribution in [-0.2, 0) is 6.61 Å². The highest BCUT2D eigenvalue weighted by Crippen LogP contribution is 2.30. The lowest BCUT2D eigenvalue weighted by Gasteiger charge is -2.25. The van der Waals surface area contributed by atoms with Gasteiger partial charge in [-0.15, -0.1) is 0 Å². The quantitative estimate of drug-likeness (QED) is 0.919. The van der Waals surface area contributed by atoms with Crippen molar-refractivity contribution in [3.63, 3.8) is 0 Å². The molecule has 0 fully saturated rings. The molecule has 0 saturated heterocycles. The molecule has 2 rings (SSSR count). The van der Waals surface area contributed by atoms with Crippen LogP contribution in [0.3, 0.4) is 0 Å². The first-order chi connectivity index (χ1) is 8.76. The van der Waals surface area contributed by atoms with Crippen molar-refractivity contribution in [2.24, 2.45) is 0 Å². The van der Waals surface area contributed by atoms with E-state index in [1.54, 1.807) is 0 Å². The molecule has 1 N–H and O–H groups in total. The summed E-state index contributed by atoms with van der Waals surface area (Å²) in [6.07, 6.45) is 0. The summed E-state index contributed by atoms with van der Waals surface area (Å²) in [5.41, 5.74) is 3.11. The summed E-state index contributed by atoms with van der Waals surface area (Å²) in [6, 6.07) is 16.1. The van der Waals surface area contributed by atoms with Crippen LogP contribution in [0.15, 0.2) is 53.0 Å². The van der Waals surface area contributed by atoms with E-state index in [1.807, 2.05) is 36.4 Å². The highest BCUT2D eigenvalue weighted by molar-refractivity contribution is 9.10. The molecule has 0 bridgehead atoms. The van der Waals surface area contributed by atoms with Gasteiger partial charge in [0.2, 0.25) is 0 Å². The van der Waals surface area contributed by atoms with E-state index in [0.717, 1.165) is 28.0 Å². The van der Waals surface area contributed by atoms with Gasteiger partial charge in [-0.2, -0.15) is 0 Å². The second-order valence-electron chi connectivity index (χ2n) is 4.01. The van der Waals surface area contributed by atoms with Gasteiger partial charge in [0, 0.05) is 28.0 Å². The first-order valence-corrected chi connectivity index (χ1v) is 6.77. The molecule has 2 aromatic carbocycles. The highest BCUT2D eigenvalue weighted by Gasteiger charge is 2.11. The Kier molecular flexibility index (Phi) is 4.39. The van der Waals surface area contributed by atoms with Crippen molar-refractivity contribution in [1.29, 1.82) is 0 Å². The fraction of sp³-hybridized carbons (Fsp3) is 0.200. The molecule has 0 unspecified atom stereocenters. The largest absolute Gasteiger partial charge is 0.392 e. The van der Waals surface area contributed by atoms with Gasteiger partial charge in [0.25, 0.3) is 0 Å². The molecule has 0 radical (unpaired) electrons. The molecule has 2 nitrogen and oxygen atoms in total. The van der Waals surface area contributed by atoms with Crippen LogP contribution in [0, 0.1) is 0 Å². The van der Waals surface area contributed by atoms with Crippen LogP contribution in [0.25, 0.3) is 0 Å². The van der Waals surface area contributed by atoms with E-state index in [2.05, 4.69) is 39.9 Å². The molecular formula is C15H16BrNO. The van der Waals surface area contributed by atoms with Crippen LogP contribution in [0.4, 0.5) is 11.4 Å². The molecule has 0 aromatic heterocycles. The Morgan fingerprint density at radius 1 is 1.11 bits per heavy atom. The summed E-state index contributed by atoms with van der Waals surface area (Å²) in [5.74, 6) is 0. The fourth-order valence-electron chi connectivity index (χ4n) is 2.02. The topological polar surface area (TPSA) is 23.5 Å². The zero-order valence-electron chi connectivity index (χ0n) is 10.3. The van der Waals surface area contributed by atoms with Crippen molar-refractivity contribution in [1.82, 2.24) is 0 Å². The molecule has 0 heterocycles. The molecule has 0 aliphatic heterocycles. The van der Waals surface area contributed by atoms with Gasteiger partial charge in [0.05, 0.1) is 6.61 Å². The minimum Gasteiger partial charge on any atom is -0.392 e. The summed E-state index contributed by atoms with van der Waals surface area (Å²) < 4.78 is 1.02. The molecule has 0 amide bonds. The molecule has 94 valence electrons. The second kappa shape index (κ2) is 6.03. The summed E-state index contributed by atoms with van der Waals surface area (Å²) in [6.45, 7) is 3.01. The first-order valence-electron chi connectivity index (χ1n) is 5.98. The average Bonchev–Trinajstić information content (AvgIpc) is 2.41. The number of aliphatic hydroxyl groups is 1. The lowest BCUT2D eigenvalue weighted by Crippen LogP contribution is -2.17. The van der Waals surface area contributed by atoms with Crippen molar-refractivity contribution in [3.05, 3.63) is 58.6 Å². The molecule has 0 atom stereocenters. The van der Waals surface area contributed by atoms with Crippen LogP contribution in [-0.4, -0.2) is 11.7 Å². The maximum Gasteiger partial charge on any atom is 0.0702 e. The van der Waals surface area contributed by atoms with Crippen LogP contribution in [0.2, 0.25) is 0 Å². The van der Waals surface area contributed by atoms with Crippen LogP contribution >= 0.6 is 15.9 Å². The van der Waals surface area contributed by atoms with Gasteiger partial charge in [-0.05, 0) is 31.2 Å². The van der Waals surface area contributed by atoms with Crippen molar-refractivity contribution < 1.29 is 5.11 Å². The van der Waals surface area contributed by atoms with Crippen LogP contribution in [0.5, 0.6) is 0 Å². The first kappa shape index (κ1) is 13.1. The van der Waals surface area contributed by atoms with E-state index >= 15 is 0 Å². The van der Waals surface area contributed by atoms with Gasteiger partial charge in [0.15, 0.2) is 0 Å². The van der Waals surface area contributed by atoms with Gasteiger partial charge in [-0.25, -0.2) is 0 Å². The van der Waals surface area contributed by atoms with E-state index in [-0.39, 0.29) is 6.61 Å². The zero-order chi connectivity index (χ0) is 13.0. The molecule has 18 heavy (non-hydrogen) atoms. The smallest absolute Gasteiger partial charge is 0.0702 e. The summed E-state index contributed by atoms with van der Waals surface area (Å²) in [5, 5.41) is 9.46. The van der Waals surface area contributed by atoms with Crippen molar-refractivity contribution >= 4 is 27.3 Å². The third kappa shape index (κ3) is 2.74. The number of rotatable bonds is 4. The number of hydrogen-bond acceptors (Lipinski definition) is 2. The summed E-state index contributed by atoms with van der Waals surface area (Å²) in [7, 11) is 0. The zero-order valence-corrected chi connectivity index (χ0v) is 11.9. The van der Waals surface area contributed by atoms with Gasteiger partial charge < -0.3 is 10.0 Å². The molecule has 0 aliphatic rings. The van der Waals surface area contributed by atoms with E-state index in [4.69, 9.17) is 0 Å². The Morgan fingerprint density at radius 2 is 1.83 bits per heavy atom. The van der Waals surface area contributed by atoms with E-state index in [9.17, 15) is 5.11 Å². The molecule has 0 aliphatic carbocycles. The number of benzene rings is 2. The summed E-state index contributed by atoms with van der Waals surface area (Å²) in [4.78, 5) is 2.19. The van der Waals surface area contributed by atoms with Crippen LogP contribution in [0.1, 0.15) is 12.5 Å². The molecule has 3 heteroatoms. The standard InChI is InChI=1S/C15H16BrNO/c1-2-17(14-6-4-3-5-7-14)15-10-13(16)9-8-12(15)11-18/h3-10,18H,2,11H2,1H3. The van der Waals surface area contributed by atoms with Gasteiger partial charge >= 0.3 is 0 Å². The fourth-order valence-corrected chi connectivity index (χ4v) is 2.37. The predicted octanol–water partition coefficient (Wildman–Crippen LogP) is 4.10. The average molecular weight is 306 g/mol. The number of aliphatic hydroxyl groups excluding tert-OH is 1. The lowest BCUT2D eigenvalue weighted by atomic mass is 10.1. The number of hydrogen-bond donors (Lipinski definition) is 1. The van der Waals surface area contributed by atoms with E-state index < -0.39 is 0 Å². The Bertz CT molecular complexity index is 513. The minimum atomic E-state index is 0.0476. The SMILES string of the molecule is CCN(c1ccccc1)c1cc(Br)ccc1CO. The molecular weight excluding hydrogens is 290 g/mol. The maximum absolute atomic E-state index is 9.46. The number of halogens is 1. The van der Waals surface area contributed by atoms with Crippen molar-refractivity contribution in [2.75, 3.05) is 11.4 Å². The van der Waals surface area contributed by atoms with Gasteiger partial charge in [0.1, 0.15) is 0 Å². The summed E-state index contributed by atoms with van der Waals surface area (Å²) >= 11 is 3.49. The Morgan fingerprint density at radius 3 is 2.44 bits per heavy atom. The van der Waals surface area contributed by atoms with Gasteiger partial charge in [-0.3, -0.25) is 0 Å². The Hall–Kier alpha value is -1.32. The van der Waals surface area contributed by atoms with E-state index in [1.165, 1.54) is 0 Å². The Labute approximate surface area is 116 Å². The number of anilines is 2.